The minimum absolute atomic E-state index is 0.130. The van der Waals surface area contributed by atoms with Gasteiger partial charge in [-0.05, 0) is 49.7 Å². The maximum absolute atomic E-state index is 12.8. The molecule has 0 amide bonds. The van der Waals surface area contributed by atoms with Gasteiger partial charge in [0.25, 0.3) is 10.0 Å². The summed E-state index contributed by atoms with van der Waals surface area (Å²) in [5.74, 6) is 0.382. The zero-order valence-corrected chi connectivity index (χ0v) is 15.9. The molecule has 0 saturated heterocycles. The van der Waals surface area contributed by atoms with Crippen LogP contribution < -0.4 is 5.32 Å². The van der Waals surface area contributed by atoms with Crippen molar-refractivity contribution in [2.75, 3.05) is 5.32 Å². The first-order chi connectivity index (χ1) is 12.8. The van der Waals surface area contributed by atoms with Crippen LogP contribution in [0, 0.1) is 13.8 Å². The molecule has 3 aromatic rings. The highest BCUT2D eigenvalue weighted by Gasteiger charge is 2.16. The fourth-order valence-corrected chi connectivity index (χ4v) is 3.47. The standard InChI is InChI=1S/C21H20N2O3S/c1-15-8-11-19(12-9-15)27(25,26)23-21(17-6-4-3-5-7-17)22-18-10-13-20(24)16(2)14-18/h3-14,24H,1-2H3,(H,22,23). The van der Waals surface area contributed by atoms with Crippen molar-refractivity contribution in [2.45, 2.75) is 18.7 Å². The van der Waals surface area contributed by atoms with E-state index >= 15 is 0 Å². The largest absolute Gasteiger partial charge is 0.508 e. The highest BCUT2D eigenvalue weighted by atomic mass is 32.2. The zero-order chi connectivity index (χ0) is 19.4. The predicted molar refractivity (Wildman–Crippen MR) is 108 cm³/mol. The van der Waals surface area contributed by atoms with E-state index in [2.05, 4.69) is 9.71 Å². The average molecular weight is 380 g/mol. The molecule has 138 valence electrons. The van der Waals surface area contributed by atoms with Gasteiger partial charge in [0.15, 0.2) is 5.84 Å². The molecule has 27 heavy (non-hydrogen) atoms. The Morgan fingerprint density at radius 2 is 1.59 bits per heavy atom. The highest BCUT2D eigenvalue weighted by molar-refractivity contribution is 7.90. The molecule has 0 atom stereocenters. The van der Waals surface area contributed by atoms with E-state index in [-0.39, 0.29) is 16.5 Å². The zero-order valence-electron chi connectivity index (χ0n) is 15.0. The Labute approximate surface area is 159 Å². The summed E-state index contributed by atoms with van der Waals surface area (Å²) < 4.78 is 29.6. The Morgan fingerprint density at radius 3 is 2.22 bits per heavy atom. The molecule has 0 aromatic heterocycles. The Kier molecular flexibility index (Phi) is 5.28. The number of aryl methyl sites for hydroxylation is 2. The van der Waals surface area contributed by atoms with E-state index in [1.165, 1.54) is 0 Å². The van der Waals surface area contributed by atoms with Crippen LogP contribution in [0.2, 0.25) is 0 Å². The van der Waals surface area contributed by atoms with Gasteiger partial charge in [-0.25, -0.2) is 0 Å². The third-order valence-corrected chi connectivity index (χ3v) is 5.33. The normalized spacial score (nSPS) is 12.0. The predicted octanol–water partition coefficient (Wildman–Crippen LogP) is 4.26. The van der Waals surface area contributed by atoms with Crippen molar-refractivity contribution < 1.29 is 13.5 Å². The van der Waals surface area contributed by atoms with E-state index in [0.29, 0.717) is 16.8 Å². The first-order valence-electron chi connectivity index (χ1n) is 8.39. The van der Waals surface area contributed by atoms with Gasteiger partial charge in [0.2, 0.25) is 0 Å². The van der Waals surface area contributed by atoms with Crippen molar-refractivity contribution >= 4 is 21.5 Å². The maximum Gasteiger partial charge on any atom is 0.284 e. The van der Waals surface area contributed by atoms with Crippen LogP contribution in [0.4, 0.5) is 5.69 Å². The summed E-state index contributed by atoms with van der Waals surface area (Å²) in [6.45, 7) is 3.66. The first kappa shape index (κ1) is 18.7. The highest BCUT2D eigenvalue weighted by Crippen LogP contribution is 2.22. The maximum atomic E-state index is 12.8. The number of benzene rings is 3. The molecule has 0 fully saturated rings. The first-order valence-corrected chi connectivity index (χ1v) is 9.83. The van der Waals surface area contributed by atoms with E-state index in [0.717, 1.165) is 5.56 Å². The van der Waals surface area contributed by atoms with Crippen LogP contribution in [0.3, 0.4) is 0 Å². The second-order valence-corrected chi connectivity index (χ2v) is 7.82. The summed E-state index contributed by atoms with van der Waals surface area (Å²) in [7, 11) is -3.89. The van der Waals surface area contributed by atoms with Gasteiger partial charge in [0, 0.05) is 11.3 Å². The molecule has 0 unspecified atom stereocenters. The summed E-state index contributed by atoms with van der Waals surface area (Å²) in [6, 6.07) is 20.5. The number of hydrogen-bond donors (Lipinski definition) is 2. The SMILES string of the molecule is Cc1ccc(S(=O)(=O)/N=C(\Nc2ccc(O)c(C)c2)c2ccccc2)cc1. The van der Waals surface area contributed by atoms with Crippen LogP contribution in [0.1, 0.15) is 16.7 Å². The van der Waals surface area contributed by atoms with Gasteiger partial charge >= 0.3 is 0 Å². The van der Waals surface area contributed by atoms with Crippen LogP contribution >= 0.6 is 0 Å². The summed E-state index contributed by atoms with van der Waals surface area (Å²) in [6.07, 6.45) is 0. The Balaban J connectivity index is 2.05. The second kappa shape index (κ2) is 7.63. The molecule has 6 heteroatoms. The van der Waals surface area contributed by atoms with E-state index in [9.17, 15) is 13.5 Å². The second-order valence-electron chi connectivity index (χ2n) is 6.22. The van der Waals surface area contributed by atoms with E-state index in [1.54, 1.807) is 61.5 Å². The monoisotopic (exact) mass is 380 g/mol. The molecule has 0 spiro atoms. The fourth-order valence-electron chi connectivity index (χ4n) is 2.50. The number of anilines is 1. The fraction of sp³-hybridized carbons (Fsp3) is 0.0952. The lowest BCUT2D eigenvalue weighted by atomic mass is 10.1. The Morgan fingerprint density at radius 1 is 0.926 bits per heavy atom. The number of hydrogen-bond acceptors (Lipinski definition) is 3. The smallest absolute Gasteiger partial charge is 0.284 e. The number of phenols is 1. The lowest BCUT2D eigenvalue weighted by molar-refractivity contribution is 0.471. The van der Waals surface area contributed by atoms with Gasteiger partial charge in [-0.1, -0.05) is 48.0 Å². The molecule has 0 radical (unpaired) electrons. The molecule has 3 rings (SSSR count). The third-order valence-electron chi connectivity index (χ3n) is 4.04. The van der Waals surface area contributed by atoms with Crippen molar-refractivity contribution in [3.63, 3.8) is 0 Å². The number of sulfonamides is 1. The minimum Gasteiger partial charge on any atom is -0.508 e. The van der Waals surface area contributed by atoms with Crippen LogP contribution in [0.25, 0.3) is 0 Å². The summed E-state index contributed by atoms with van der Waals surface area (Å²) in [5, 5.41) is 12.8. The molecule has 0 aliphatic carbocycles. The molecule has 0 bridgehead atoms. The Bertz CT molecular complexity index is 1070. The molecule has 3 aromatic carbocycles. The molecule has 0 saturated carbocycles. The van der Waals surface area contributed by atoms with Crippen LogP contribution in [-0.2, 0) is 10.0 Å². The van der Waals surface area contributed by atoms with Crippen molar-refractivity contribution in [1.29, 1.82) is 0 Å². The van der Waals surface area contributed by atoms with Crippen molar-refractivity contribution in [1.82, 2.24) is 0 Å². The van der Waals surface area contributed by atoms with Crippen molar-refractivity contribution in [3.8, 4) is 5.75 Å². The minimum atomic E-state index is -3.89. The van der Waals surface area contributed by atoms with Gasteiger partial charge in [-0.15, -0.1) is 4.40 Å². The molecule has 0 aliphatic heterocycles. The van der Waals surface area contributed by atoms with Gasteiger partial charge in [-0.3, -0.25) is 0 Å². The van der Waals surface area contributed by atoms with Gasteiger partial charge in [0.1, 0.15) is 5.75 Å². The quantitative estimate of drug-likeness (QED) is 0.403. The molecule has 0 heterocycles. The number of aromatic hydroxyl groups is 1. The average Bonchev–Trinajstić information content (AvgIpc) is 2.65. The van der Waals surface area contributed by atoms with Gasteiger partial charge < -0.3 is 10.4 Å². The Hall–Kier alpha value is -3.12. The molecule has 5 nitrogen and oxygen atoms in total. The summed E-state index contributed by atoms with van der Waals surface area (Å²) in [5.41, 5.74) is 2.92. The number of rotatable bonds is 4. The van der Waals surface area contributed by atoms with Crippen LogP contribution in [0.15, 0.2) is 82.1 Å². The third kappa shape index (κ3) is 4.54. The molecular weight excluding hydrogens is 360 g/mol. The van der Waals surface area contributed by atoms with Crippen LogP contribution in [0.5, 0.6) is 5.75 Å². The summed E-state index contributed by atoms with van der Waals surface area (Å²) >= 11 is 0. The van der Waals surface area contributed by atoms with E-state index in [1.807, 2.05) is 25.1 Å². The number of amidine groups is 1. The molecule has 0 aliphatic rings. The number of nitrogens with one attached hydrogen (secondary N) is 1. The van der Waals surface area contributed by atoms with Crippen molar-refractivity contribution in [2.24, 2.45) is 4.40 Å². The molecule has 2 N–H and O–H groups in total. The summed E-state index contributed by atoms with van der Waals surface area (Å²) in [4.78, 5) is 0.130. The lowest BCUT2D eigenvalue weighted by Crippen LogP contribution is -2.16. The van der Waals surface area contributed by atoms with E-state index in [4.69, 9.17) is 0 Å². The van der Waals surface area contributed by atoms with Gasteiger partial charge in [0.05, 0.1) is 4.90 Å². The number of phenolic OH excluding ortho intramolecular Hbond substituents is 1. The topological polar surface area (TPSA) is 78.8 Å². The lowest BCUT2D eigenvalue weighted by Gasteiger charge is -2.12. The molecular formula is C21H20N2O3S. The van der Waals surface area contributed by atoms with E-state index < -0.39 is 10.0 Å². The number of nitrogens with zero attached hydrogens (tertiary/aromatic N) is 1. The van der Waals surface area contributed by atoms with Crippen molar-refractivity contribution in [3.05, 3.63) is 89.5 Å². The van der Waals surface area contributed by atoms with Gasteiger partial charge in [-0.2, -0.15) is 8.42 Å². The van der Waals surface area contributed by atoms with Crippen LogP contribution in [-0.4, -0.2) is 19.4 Å².